The van der Waals surface area contributed by atoms with Crippen LogP contribution in [0.4, 0.5) is 0 Å². The van der Waals surface area contributed by atoms with Gasteiger partial charge in [0.2, 0.25) is 5.12 Å². The van der Waals surface area contributed by atoms with Crippen molar-refractivity contribution in [3.8, 4) is 0 Å². The van der Waals surface area contributed by atoms with E-state index in [1.54, 1.807) is 12.1 Å². The maximum atomic E-state index is 11.4. The van der Waals surface area contributed by atoms with Gasteiger partial charge in [-0.1, -0.05) is 42.1 Å². The molecule has 0 saturated carbocycles. The van der Waals surface area contributed by atoms with Crippen molar-refractivity contribution in [1.82, 2.24) is 0 Å². The molecule has 1 aromatic rings. The molecule has 0 aromatic heterocycles. The van der Waals surface area contributed by atoms with Gasteiger partial charge in [0.15, 0.2) is 0 Å². The summed E-state index contributed by atoms with van der Waals surface area (Å²) in [5, 5.41) is 8.60. The van der Waals surface area contributed by atoms with Crippen LogP contribution in [-0.2, 0) is 0 Å². The van der Waals surface area contributed by atoms with Crippen LogP contribution in [-0.4, -0.2) is 22.6 Å². The number of aliphatic hydroxyl groups excluding tert-OH is 1. The summed E-state index contributed by atoms with van der Waals surface area (Å²) >= 11 is 1.26. The Kier molecular flexibility index (Phi) is 4.57. The minimum absolute atomic E-state index is 0.0778. The molecule has 70 valence electrons. The van der Waals surface area contributed by atoms with Gasteiger partial charge >= 0.3 is 0 Å². The minimum Gasteiger partial charge on any atom is -0.396 e. The Morgan fingerprint density at radius 1 is 1.31 bits per heavy atom. The number of carbonyl (C=O) groups is 1. The van der Waals surface area contributed by atoms with E-state index in [1.165, 1.54) is 11.8 Å². The fourth-order valence-corrected chi connectivity index (χ4v) is 1.65. The molecule has 0 bridgehead atoms. The second kappa shape index (κ2) is 5.78. The van der Waals surface area contributed by atoms with Gasteiger partial charge in [-0.15, -0.1) is 0 Å². The van der Waals surface area contributed by atoms with Crippen molar-refractivity contribution in [2.24, 2.45) is 0 Å². The number of hydrogen-bond donors (Lipinski definition) is 1. The minimum atomic E-state index is 0.0778. The third kappa shape index (κ3) is 3.61. The van der Waals surface area contributed by atoms with Crippen LogP contribution < -0.4 is 0 Å². The predicted octanol–water partition coefficient (Wildman–Crippen LogP) is 1.94. The summed E-state index contributed by atoms with van der Waals surface area (Å²) in [5.41, 5.74) is 0.727. The normalized spacial score (nSPS) is 9.92. The zero-order chi connectivity index (χ0) is 9.52. The Balaban J connectivity index is 2.40. The van der Waals surface area contributed by atoms with Crippen molar-refractivity contribution in [1.29, 1.82) is 0 Å². The Hall–Kier alpha value is -0.800. The van der Waals surface area contributed by atoms with Crippen molar-refractivity contribution >= 4 is 16.9 Å². The van der Waals surface area contributed by atoms with Crippen LogP contribution in [0.25, 0.3) is 0 Å². The Labute approximate surface area is 82.0 Å². The van der Waals surface area contributed by atoms with Gasteiger partial charge in [0.05, 0.1) is 0 Å². The van der Waals surface area contributed by atoms with Gasteiger partial charge in [-0.3, -0.25) is 4.79 Å². The highest BCUT2D eigenvalue weighted by Gasteiger charge is 2.03. The number of aliphatic hydroxyl groups is 1. The molecule has 0 spiro atoms. The van der Waals surface area contributed by atoms with E-state index in [1.807, 2.05) is 18.2 Å². The van der Waals surface area contributed by atoms with E-state index in [4.69, 9.17) is 5.11 Å². The van der Waals surface area contributed by atoms with E-state index in [2.05, 4.69) is 0 Å². The number of hydrogen-bond acceptors (Lipinski definition) is 3. The van der Waals surface area contributed by atoms with Gasteiger partial charge in [-0.2, -0.15) is 0 Å². The molecule has 2 nitrogen and oxygen atoms in total. The van der Waals surface area contributed by atoms with Crippen LogP contribution >= 0.6 is 11.8 Å². The molecule has 0 aliphatic heterocycles. The SMILES string of the molecule is O=C(SCCCO)c1ccccc1. The van der Waals surface area contributed by atoms with Crippen molar-refractivity contribution in [2.45, 2.75) is 6.42 Å². The first kappa shape index (κ1) is 10.3. The van der Waals surface area contributed by atoms with Gasteiger partial charge in [0.25, 0.3) is 0 Å². The topological polar surface area (TPSA) is 37.3 Å². The van der Waals surface area contributed by atoms with E-state index in [-0.39, 0.29) is 11.7 Å². The molecule has 0 saturated heterocycles. The molecule has 0 fully saturated rings. The fourth-order valence-electron chi connectivity index (χ4n) is 0.887. The molecule has 0 heterocycles. The van der Waals surface area contributed by atoms with Crippen LogP contribution in [0.3, 0.4) is 0 Å². The van der Waals surface area contributed by atoms with Crippen LogP contribution in [0, 0.1) is 0 Å². The van der Waals surface area contributed by atoms with Gasteiger partial charge in [0.1, 0.15) is 0 Å². The molecule has 0 atom stereocenters. The monoisotopic (exact) mass is 196 g/mol. The molecule has 0 aliphatic rings. The van der Waals surface area contributed by atoms with Crippen molar-refractivity contribution in [3.05, 3.63) is 35.9 Å². The smallest absolute Gasteiger partial charge is 0.219 e. The van der Waals surface area contributed by atoms with Crippen LogP contribution in [0.2, 0.25) is 0 Å². The molecule has 1 N–H and O–H groups in total. The van der Waals surface area contributed by atoms with E-state index in [9.17, 15) is 4.79 Å². The second-order valence-electron chi connectivity index (χ2n) is 2.58. The molecular weight excluding hydrogens is 184 g/mol. The zero-order valence-electron chi connectivity index (χ0n) is 7.27. The predicted molar refractivity (Wildman–Crippen MR) is 54.9 cm³/mol. The quantitative estimate of drug-likeness (QED) is 0.748. The van der Waals surface area contributed by atoms with Crippen LogP contribution in [0.15, 0.2) is 30.3 Å². The molecule has 13 heavy (non-hydrogen) atoms. The highest BCUT2D eigenvalue weighted by molar-refractivity contribution is 8.14. The second-order valence-corrected chi connectivity index (χ2v) is 3.65. The van der Waals surface area contributed by atoms with Gasteiger partial charge in [-0.25, -0.2) is 0 Å². The van der Waals surface area contributed by atoms with Crippen molar-refractivity contribution in [2.75, 3.05) is 12.4 Å². The summed E-state index contributed by atoms with van der Waals surface area (Å²) in [7, 11) is 0. The van der Waals surface area contributed by atoms with Gasteiger partial charge in [0, 0.05) is 17.9 Å². The first-order chi connectivity index (χ1) is 6.34. The summed E-state index contributed by atoms with van der Waals surface area (Å²) in [6, 6.07) is 9.18. The van der Waals surface area contributed by atoms with Crippen LogP contribution in [0.5, 0.6) is 0 Å². The molecule has 0 unspecified atom stereocenters. The molecule has 0 aliphatic carbocycles. The zero-order valence-corrected chi connectivity index (χ0v) is 8.09. The summed E-state index contributed by atoms with van der Waals surface area (Å²) < 4.78 is 0. The van der Waals surface area contributed by atoms with E-state index < -0.39 is 0 Å². The third-order valence-electron chi connectivity index (χ3n) is 1.55. The average molecular weight is 196 g/mol. The standard InChI is InChI=1S/C10H12O2S/c11-7-4-8-13-10(12)9-5-2-1-3-6-9/h1-3,5-6,11H,4,7-8H2. The Morgan fingerprint density at radius 3 is 2.62 bits per heavy atom. The molecule has 0 radical (unpaired) electrons. The van der Waals surface area contributed by atoms with E-state index >= 15 is 0 Å². The molecular formula is C10H12O2S. The molecule has 0 amide bonds. The summed E-state index contributed by atoms with van der Waals surface area (Å²) in [5.74, 6) is 0.685. The van der Waals surface area contributed by atoms with E-state index in [0.717, 1.165) is 5.56 Å². The Bertz CT molecular complexity index is 259. The number of benzene rings is 1. The summed E-state index contributed by atoms with van der Waals surface area (Å²) in [6.45, 7) is 0.148. The maximum Gasteiger partial charge on any atom is 0.219 e. The highest BCUT2D eigenvalue weighted by Crippen LogP contribution is 2.12. The molecule has 1 rings (SSSR count). The molecule has 3 heteroatoms. The number of thioether (sulfide) groups is 1. The lowest BCUT2D eigenvalue weighted by Crippen LogP contribution is -1.95. The number of rotatable bonds is 4. The maximum absolute atomic E-state index is 11.4. The van der Waals surface area contributed by atoms with Crippen LogP contribution in [0.1, 0.15) is 16.8 Å². The lowest BCUT2D eigenvalue weighted by atomic mass is 10.2. The summed E-state index contributed by atoms with van der Waals surface area (Å²) in [6.07, 6.45) is 0.670. The molecule has 1 aromatic carbocycles. The average Bonchev–Trinajstić information content (AvgIpc) is 2.19. The van der Waals surface area contributed by atoms with E-state index in [0.29, 0.717) is 12.2 Å². The van der Waals surface area contributed by atoms with Crippen molar-refractivity contribution < 1.29 is 9.90 Å². The largest absolute Gasteiger partial charge is 0.396 e. The first-order valence-electron chi connectivity index (χ1n) is 4.17. The van der Waals surface area contributed by atoms with Crippen molar-refractivity contribution in [3.63, 3.8) is 0 Å². The summed E-state index contributed by atoms with van der Waals surface area (Å²) in [4.78, 5) is 11.4. The lowest BCUT2D eigenvalue weighted by Gasteiger charge is -1.98. The van der Waals surface area contributed by atoms with Gasteiger partial charge in [-0.05, 0) is 6.42 Å². The number of carbonyl (C=O) groups excluding carboxylic acids is 1. The first-order valence-corrected chi connectivity index (χ1v) is 5.16. The lowest BCUT2D eigenvalue weighted by molar-refractivity contribution is 0.108. The third-order valence-corrected chi connectivity index (χ3v) is 2.54. The Morgan fingerprint density at radius 2 is 2.00 bits per heavy atom. The fraction of sp³-hybridized carbons (Fsp3) is 0.300. The highest BCUT2D eigenvalue weighted by atomic mass is 32.2. The van der Waals surface area contributed by atoms with Gasteiger partial charge < -0.3 is 5.11 Å².